The molecule has 5 nitrogen and oxygen atoms in total. The van der Waals surface area contributed by atoms with Gasteiger partial charge in [0.25, 0.3) is 0 Å². The van der Waals surface area contributed by atoms with Gasteiger partial charge in [0, 0.05) is 19.0 Å². The van der Waals surface area contributed by atoms with Crippen LogP contribution in [-0.4, -0.2) is 52.5 Å². The van der Waals surface area contributed by atoms with Crippen molar-refractivity contribution in [2.75, 3.05) is 13.1 Å². The number of Topliss-reactive ketones (excluding diaryl/α,β-unsaturated/α-hetero) is 1. The van der Waals surface area contributed by atoms with Crippen molar-refractivity contribution >= 4 is 5.78 Å². The van der Waals surface area contributed by atoms with Crippen LogP contribution in [0.25, 0.3) is 0 Å². The molecule has 0 saturated carbocycles. The molecule has 1 saturated heterocycles. The number of carbonyl (C=O) groups is 1. The van der Waals surface area contributed by atoms with Crippen LogP contribution in [0, 0.1) is 11.8 Å². The van der Waals surface area contributed by atoms with Gasteiger partial charge < -0.3 is 20.6 Å². The monoisotopic (exact) mass is 245 g/mol. The second-order valence-corrected chi connectivity index (χ2v) is 4.73. The Morgan fingerprint density at radius 2 is 1.76 bits per heavy atom. The first kappa shape index (κ1) is 14.6. The van der Waals surface area contributed by atoms with Crippen molar-refractivity contribution in [2.24, 2.45) is 11.8 Å². The highest BCUT2D eigenvalue weighted by Gasteiger charge is 2.39. The van der Waals surface area contributed by atoms with Gasteiger partial charge in [-0.2, -0.15) is 0 Å². The molecule has 0 bridgehead atoms. The minimum Gasteiger partial charge on any atom is -0.390 e. The highest BCUT2D eigenvalue weighted by molar-refractivity contribution is 5.84. The Balaban J connectivity index is 2.77. The first-order valence-corrected chi connectivity index (χ1v) is 6.31. The summed E-state index contributed by atoms with van der Waals surface area (Å²) in [5.41, 5.74) is 0. The van der Waals surface area contributed by atoms with Crippen LogP contribution < -0.4 is 5.32 Å². The number of aliphatic hydroxyl groups excluding tert-OH is 3. The van der Waals surface area contributed by atoms with Gasteiger partial charge >= 0.3 is 0 Å². The highest BCUT2D eigenvalue weighted by atomic mass is 16.4. The molecule has 0 aliphatic carbocycles. The van der Waals surface area contributed by atoms with Crippen molar-refractivity contribution in [3.8, 4) is 0 Å². The number of rotatable bonds is 4. The van der Waals surface area contributed by atoms with Crippen molar-refractivity contribution in [3.63, 3.8) is 0 Å². The maximum atomic E-state index is 12.2. The lowest BCUT2D eigenvalue weighted by molar-refractivity contribution is -0.135. The zero-order valence-electron chi connectivity index (χ0n) is 10.5. The molecule has 0 amide bonds. The third kappa shape index (κ3) is 3.25. The molecule has 0 aromatic rings. The summed E-state index contributed by atoms with van der Waals surface area (Å²) in [4.78, 5) is 12.2. The second-order valence-electron chi connectivity index (χ2n) is 4.73. The molecule has 0 aromatic carbocycles. The molecule has 0 unspecified atom stereocenters. The van der Waals surface area contributed by atoms with Gasteiger partial charge in [-0.15, -0.1) is 0 Å². The summed E-state index contributed by atoms with van der Waals surface area (Å²) < 4.78 is 0. The average Bonchev–Trinajstić information content (AvgIpc) is 2.44. The van der Waals surface area contributed by atoms with E-state index in [1.165, 1.54) is 0 Å². The summed E-state index contributed by atoms with van der Waals surface area (Å²) >= 11 is 0. The molecule has 1 aliphatic heterocycles. The Labute approximate surface area is 102 Å². The van der Waals surface area contributed by atoms with Crippen LogP contribution in [0.1, 0.15) is 26.7 Å². The van der Waals surface area contributed by atoms with Crippen molar-refractivity contribution in [1.29, 1.82) is 0 Å². The second kappa shape index (κ2) is 6.44. The molecular weight excluding hydrogens is 222 g/mol. The SMILES string of the molecule is CCC(CC)C(=O)[C@H]1CNC[C@H](O)[C@H](O)[C@@H]1O. The predicted molar refractivity (Wildman–Crippen MR) is 63.5 cm³/mol. The fourth-order valence-corrected chi connectivity index (χ4v) is 2.36. The standard InChI is InChI=1S/C12H23NO4/c1-3-7(4-2)10(15)8-5-13-6-9(14)12(17)11(8)16/h7-9,11-14,16-17H,3-6H2,1-2H3/t8-,9+,11-,12+/m1/s1. The Bertz CT molecular complexity index is 255. The lowest BCUT2D eigenvalue weighted by Crippen LogP contribution is -2.45. The summed E-state index contributed by atoms with van der Waals surface area (Å²) in [6, 6.07) is 0. The molecule has 1 fully saturated rings. The summed E-state index contributed by atoms with van der Waals surface area (Å²) in [5.74, 6) is -0.742. The van der Waals surface area contributed by atoms with Gasteiger partial charge in [-0.25, -0.2) is 0 Å². The molecule has 0 radical (unpaired) electrons. The number of ketones is 1. The van der Waals surface area contributed by atoms with E-state index in [0.29, 0.717) is 6.54 Å². The van der Waals surface area contributed by atoms with Gasteiger partial charge in [-0.05, 0) is 12.8 Å². The molecule has 1 aliphatic rings. The average molecular weight is 245 g/mol. The van der Waals surface area contributed by atoms with Crippen LogP contribution in [0.15, 0.2) is 0 Å². The van der Waals surface area contributed by atoms with E-state index in [9.17, 15) is 20.1 Å². The number of aliphatic hydroxyl groups is 3. The molecule has 4 atom stereocenters. The lowest BCUT2D eigenvalue weighted by Gasteiger charge is -2.26. The van der Waals surface area contributed by atoms with E-state index in [4.69, 9.17) is 0 Å². The van der Waals surface area contributed by atoms with Crippen LogP contribution in [0.3, 0.4) is 0 Å². The molecule has 100 valence electrons. The van der Waals surface area contributed by atoms with E-state index in [1.807, 2.05) is 13.8 Å². The Morgan fingerprint density at radius 1 is 1.18 bits per heavy atom. The van der Waals surface area contributed by atoms with Crippen LogP contribution in [0.2, 0.25) is 0 Å². The van der Waals surface area contributed by atoms with Crippen molar-refractivity contribution in [1.82, 2.24) is 5.32 Å². The van der Waals surface area contributed by atoms with E-state index < -0.39 is 24.2 Å². The minimum absolute atomic E-state index is 0.0249. The number of hydrogen-bond acceptors (Lipinski definition) is 5. The van der Waals surface area contributed by atoms with Gasteiger partial charge in [0.1, 0.15) is 11.9 Å². The fourth-order valence-electron chi connectivity index (χ4n) is 2.36. The van der Waals surface area contributed by atoms with Crippen molar-refractivity contribution in [2.45, 2.75) is 45.0 Å². The maximum absolute atomic E-state index is 12.2. The zero-order valence-corrected chi connectivity index (χ0v) is 10.5. The summed E-state index contributed by atoms with van der Waals surface area (Å²) in [6.45, 7) is 4.39. The predicted octanol–water partition coefficient (Wildman–Crippen LogP) is -0.706. The van der Waals surface area contributed by atoms with E-state index >= 15 is 0 Å². The number of hydrogen-bond donors (Lipinski definition) is 4. The van der Waals surface area contributed by atoms with Gasteiger partial charge in [-0.1, -0.05) is 13.8 Å². The van der Waals surface area contributed by atoms with Crippen molar-refractivity contribution in [3.05, 3.63) is 0 Å². The number of β-amino-alcohol motifs (C(OH)–C–C–N with tert-alkyl or cyclic N) is 1. The third-order valence-corrected chi connectivity index (χ3v) is 3.63. The molecule has 1 rings (SSSR count). The molecule has 5 heteroatoms. The first-order valence-electron chi connectivity index (χ1n) is 6.31. The van der Waals surface area contributed by atoms with Crippen LogP contribution in [0.4, 0.5) is 0 Å². The van der Waals surface area contributed by atoms with E-state index in [1.54, 1.807) is 0 Å². The van der Waals surface area contributed by atoms with Crippen molar-refractivity contribution < 1.29 is 20.1 Å². The number of nitrogens with one attached hydrogen (secondary N) is 1. The molecule has 0 spiro atoms. The fraction of sp³-hybridized carbons (Fsp3) is 0.917. The van der Waals surface area contributed by atoms with Gasteiger partial charge in [0.05, 0.1) is 18.1 Å². The Kier molecular flexibility index (Phi) is 5.52. The van der Waals surface area contributed by atoms with Crippen LogP contribution >= 0.6 is 0 Å². The van der Waals surface area contributed by atoms with Crippen LogP contribution in [0.5, 0.6) is 0 Å². The van der Waals surface area contributed by atoms with E-state index in [-0.39, 0.29) is 18.2 Å². The first-order chi connectivity index (χ1) is 8.02. The minimum atomic E-state index is -1.26. The molecule has 4 N–H and O–H groups in total. The molecular formula is C12H23NO4. The molecule has 0 aromatic heterocycles. The smallest absolute Gasteiger partial charge is 0.142 e. The van der Waals surface area contributed by atoms with E-state index in [0.717, 1.165) is 12.8 Å². The Hall–Kier alpha value is -0.490. The van der Waals surface area contributed by atoms with E-state index in [2.05, 4.69) is 5.32 Å². The summed E-state index contributed by atoms with van der Waals surface area (Å²) in [6.07, 6.45) is -2.00. The van der Waals surface area contributed by atoms with Crippen LogP contribution in [-0.2, 0) is 4.79 Å². The topological polar surface area (TPSA) is 89.8 Å². The molecule has 1 heterocycles. The number of carbonyl (C=O) groups excluding carboxylic acids is 1. The molecule has 17 heavy (non-hydrogen) atoms. The maximum Gasteiger partial charge on any atom is 0.142 e. The van der Waals surface area contributed by atoms with Gasteiger partial charge in [0.2, 0.25) is 0 Å². The Morgan fingerprint density at radius 3 is 2.29 bits per heavy atom. The third-order valence-electron chi connectivity index (χ3n) is 3.63. The largest absolute Gasteiger partial charge is 0.390 e. The summed E-state index contributed by atoms with van der Waals surface area (Å²) in [7, 11) is 0. The van der Waals surface area contributed by atoms with Gasteiger partial charge in [0.15, 0.2) is 0 Å². The normalized spacial score (nSPS) is 34.7. The highest BCUT2D eigenvalue weighted by Crippen LogP contribution is 2.21. The van der Waals surface area contributed by atoms with Gasteiger partial charge in [-0.3, -0.25) is 4.79 Å². The quantitative estimate of drug-likeness (QED) is 0.525. The zero-order chi connectivity index (χ0) is 13.0. The summed E-state index contributed by atoms with van der Waals surface area (Å²) in [5, 5.41) is 32.0. The lowest BCUT2D eigenvalue weighted by atomic mass is 9.84.